The van der Waals surface area contributed by atoms with E-state index in [1.54, 1.807) is 25.3 Å². The zero-order chi connectivity index (χ0) is 24.2. The lowest BCUT2D eigenvalue weighted by atomic mass is 10.1. The van der Waals surface area contributed by atoms with Crippen LogP contribution in [0.25, 0.3) is 6.08 Å². The first kappa shape index (κ1) is 23.6. The fraction of sp³-hybridized carbons (Fsp3) is 0.280. The maximum Gasteiger partial charge on any atom is 0.283 e. The molecule has 2 aromatic carbocycles. The summed E-state index contributed by atoms with van der Waals surface area (Å²) in [6.45, 7) is 6.91. The summed E-state index contributed by atoms with van der Waals surface area (Å²) < 4.78 is 17.2. The first-order chi connectivity index (χ1) is 16.3. The Bertz CT molecular complexity index is 1220. The average Bonchev–Trinajstić information content (AvgIpc) is 3.16. The van der Waals surface area contributed by atoms with Gasteiger partial charge in [0.15, 0.2) is 17.3 Å². The number of aryl methyl sites for hydroxylation is 2. The summed E-state index contributed by atoms with van der Waals surface area (Å²) in [4.78, 5) is 16.5. The van der Waals surface area contributed by atoms with Crippen LogP contribution in [0.15, 0.2) is 52.1 Å². The second kappa shape index (κ2) is 10.1. The number of hydrogen-bond donors (Lipinski definition) is 1. The molecule has 1 amide bonds. The second-order valence-electron chi connectivity index (χ2n) is 7.92. The van der Waals surface area contributed by atoms with Gasteiger partial charge in [-0.25, -0.2) is 0 Å². The number of hydrogen-bond acceptors (Lipinski definition) is 7. The van der Waals surface area contributed by atoms with Crippen molar-refractivity contribution in [3.8, 4) is 17.2 Å². The molecule has 0 aliphatic carbocycles. The monoisotopic (exact) mass is 478 g/mol. The average molecular weight is 479 g/mol. The van der Waals surface area contributed by atoms with Crippen molar-refractivity contribution in [2.75, 3.05) is 20.3 Å². The number of fused-ring (bicyclic) bond motifs is 1. The van der Waals surface area contributed by atoms with Crippen LogP contribution in [0, 0.1) is 19.3 Å². The molecule has 2 aromatic rings. The molecule has 0 unspecified atom stereocenters. The summed E-state index contributed by atoms with van der Waals surface area (Å²) in [5.41, 5.74) is 3.21. The molecule has 34 heavy (non-hydrogen) atoms. The van der Waals surface area contributed by atoms with E-state index in [4.69, 9.17) is 19.6 Å². The van der Waals surface area contributed by atoms with E-state index in [0.717, 1.165) is 10.8 Å². The van der Waals surface area contributed by atoms with Crippen molar-refractivity contribution in [3.63, 3.8) is 0 Å². The van der Waals surface area contributed by atoms with Gasteiger partial charge >= 0.3 is 0 Å². The Morgan fingerprint density at radius 2 is 1.76 bits per heavy atom. The number of benzene rings is 2. The van der Waals surface area contributed by atoms with Crippen molar-refractivity contribution < 1.29 is 19.0 Å². The van der Waals surface area contributed by atoms with Crippen LogP contribution < -0.4 is 14.2 Å². The lowest BCUT2D eigenvalue weighted by Crippen LogP contribution is -2.35. The molecule has 2 heterocycles. The Morgan fingerprint density at radius 3 is 2.50 bits per heavy atom. The highest BCUT2D eigenvalue weighted by molar-refractivity contribution is 8.26. The number of nitrogens with one attached hydrogen (secondary N) is 1. The highest BCUT2D eigenvalue weighted by Crippen LogP contribution is 2.31. The van der Waals surface area contributed by atoms with Crippen LogP contribution in [0.4, 0.5) is 0 Å². The third-order valence-corrected chi connectivity index (χ3v) is 5.89. The number of thioether (sulfide) groups is 1. The van der Waals surface area contributed by atoms with Gasteiger partial charge in [0, 0.05) is 6.42 Å². The van der Waals surface area contributed by atoms with Crippen LogP contribution in [0.1, 0.15) is 30.0 Å². The van der Waals surface area contributed by atoms with Gasteiger partial charge in [0.05, 0.1) is 30.9 Å². The van der Waals surface area contributed by atoms with Gasteiger partial charge in [0.25, 0.3) is 5.91 Å². The molecule has 9 heteroatoms. The number of hydrazone groups is 1. The van der Waals surface area contributed by atoms with Crippen molar-refractivity contribution in [1.29, 1.82) is 5.41 Å². The molecule has 176 valence electrons. The molecule has 2 aliphatic rings. The van der Waals surface area contributed by atoms with E-state index >= 15 is 0 Å². The predicted octanol–water partition coefficient (Wildman–Crippen LogP) is 4.80. The Hall–Kier alpha value is -3.59. The molecule has 2 aliphatic heterocycles. The minimum Gasteiger partial charge on any atom is -0.493 e. The lowest BCUT2D eigenvalue weighted by molar-refractivity contribution is -0.114. The second-order valence-corrected chi connectivity index (χ2v) is 9.08. The molecule has 0 atom stereocenters. The molecule has 4 rings (SSSR count). The fourth-order valence-corrected chi connectivity index (χ4v) is 4.33. The van der Waals surface area contributed by atoms with Gasteiger partial charge in [-0.2, -0.15) is 15.1 Å². The highest BCUT2D eigenvalue weighted by atomic mass is 32.2. The zero-order valence-corrected chi connectivity index (χ0v) is 20.4. The maximum atomic E-state index is 12.5. The fourth-order valence-electron chi connectivity index (χ4n) is 3.59. The van der Waals surface area contributed by atoms with Gasteiger partial charge in [-0.05, 0) is 79.6 Å². The largest absolute Gasteiger partial charge is 0.493 e. The topological polar surface area (TPSA) is 96.6 Å². The predicted molar refractivity (Wildman–Crippen MR) is 135 cm³/mol. The summed E-state index contributed by atoms with van der Waals surface area (Å²) in [5.74, 6) is 1.53. The first-order valence-corrected chi connectivity index (χ1v) is 11.6. The van der Waals surface area contributed by atoms with Gasteiger partial charge in [0.1, 0.15) is 5.75 Å². The van der Waals surface area contributed by atoms with E-state index < -0.39 is 5.91 Å². The molecule has 0 saturated carbocycles. The number of carbonyl (C=O) groups excluding carboxylic acids is 1. The van der Waals surface area contributed by atoms with Crippen LogP contribution in [-0.2, 0) is 4.79 Å². The summed E-state index contributed by atoms with van der Waals surface area (Å²) in [6.07, 6.45) is 2.32. The van der Waals surface area contributed by atoms with Crippen LogP contribution >= 0.6 is 11.8 Å². The van der Waals surface area contributed by atoms with Crippen molar-refractivity contribution >= 4 is 39.8 Å². The van der Waals surface area contributed by atoms with E-state index in [0.29, 0.717) is 41.9 Å². The molecule has 0 bridgehead atoms. The molecule has 0 aromatic heterocycles. The molecule has 0 saturated heterocycles. The van der Waals surface area contributed by atoms with E-state index in [2.05, 4.69) is 16.2 Å². The number of carbonyl (C=O) groups is 1. The molecule has 0 fully saturated rings. The van der Waals surface area contributed by atoms with Crippen molar-refractivity contribution in [2.45, 2.75) is 27.2 Å². The number of nitrogens with zero attached hydrogens (tertiary/aromatic N) is 3. The summed E-state index contributed by atoms with van der Waals surface area (Å²) in [7, 11) is 1.56. The Kier molecular flexibility index (Phi) is 7.02. The Balaban J connectivity index is 1.38. The molecular weight excluding hydrogens is 452 g/mol. The van der Waals surface area contributed by atoms with Crippen LogP contribution in [0.2, 0.25) is 0 Å². The third-order valence-electron chi connectivity index (χ3n) is 5.06. The van der Waals surface area contributed by atoms with E-state index in [1.807, 2.05) is 39.0 Å². The van der Waals surface area contributed by atoms with Gasteiger partial charge in [0.2, 0.25) is 5.17 Å². The van der Waals surface area contributed by atoms with Gasteiger partial charge in [-0.15, -0.1) is 0 Å². The number of amides is 1. The number of aliphatic imine (C=N–C) groups is 1. The highest BCUT2D eigenvalue weighted by Gasteiger charge is 2.34. The van der Waals surface area contributed by atoms with E-state index in [9.17, 15) is 4.79 Å². The number of ether oxygens (including phenoxy) is 3. The van der Waals surface area contributed by atoms with Crippen LogP contribution in [0.5, 0.6) is 17.2 Å². The standard InChI is InChI=1S/C25H26N4O4S/c1-15-10-16(2)12-19(11-15)32-8-5-9-33-21-7-6-18(14-22(21)31-4)13-20-23(26)29-25(27-24(20)30)34-17(3)28-29/h6-7,10-14,26H,5,8-9H2,1-4H3. The van der Waals surface area contributed by atoms with Crippen LogP contribution in [-0.4, -0.2) is 47.3 Å². The molecular formula is C25H26N4O4S. The third kappa shape index (κ3) is 5.31. The Labute approximate surface area is 202 Å². The van der Waals surface area contributed by atoms with Crippen molar-refractivity contribution in [1.82, 2.24) is 5.01 Å². The summed E-state index contributed by atoms with van der Waals surface area (Å²) >= 11 is 1.28. The first-order valence-electron chi connectivity index (χ1n) is 10.8. The van der Waals surface area contributed by atoms with Crippen molar-refractivity contribution in [3.05, 3.63) is 58.7 Å². The minimum absolute atomic E-state index is 0.00227. The molecule has 8 nitrogen and oxygen atoms in total. The van der Waals surface area contributed by atoms with Gasteiger partial charge < -0.3 is 14.2 Å². The van der Waals surface area contributed by atoms with Gasteiger partial charge in [-0.1, -0.05) is 12.1 Å². The SMILES string of the molecule is COc1cc(C=C2C(=N)N3N=C(C)SC3=NC2=O)ccc1OCCCOc1cc(C)cc(C)c1. The normalized spacial score (nSPS) is 16.4. The van der Waals surface area contributed by atoms with Gasteiger partial charge in [-0.3, -0.25) is 10.2 Å². The smallest absolute Gasteiger partial charge is 0.283 e. The van der Waals surface area contributed by atoms with Crippen molar-refractivity contribution in [2.24, 2.45) is 10.1 Å². The number of rotatable bonds is 8. The zero-order valence-electron chi connectivity index (χ0n) is 19.5. The minimum atomic E-state index is -0.461. The van der Waals surface area contributed by atoms with E-state index in [-0.39, 0.29) is 11.4 Å². The Morgan fingerprint density at radius 1 is 1.03 bits per heavy atom. The molecule has 0 radical (unpaired) electrons. The molecule has 1 N–H and O–H groups in total. The quantitative estimate of drug-likeness (QED) is 0.432. The lowest BCUT2D eigenvalue weighted by Gasteiger charge is -2.20. The van der Waals surface area contributed by atoms with Crippen LogP contribution in [0.3, 0.4) is 0 Å². The summed E-state index contributed by atoms with van der Waals surface area (Å²) in [5, 5.41) is 15.1. The molecule has 0 spiro atoms. The summed E-state index contributed by atoms with van der Waals surface area (Å²) in [6, 6.07) is 11.5. The number of methoxy groups -OCH3 is 1. The number of amidine groups is 2. The van der Waals surface area contributed by atoms with E-state index in [1.165, 1.54) is 27.9 Å². The maximum absolute atomic E-state index is 12.5.